The summed E-state index contributed by atoms with van der Waals surface area (Å²) in [5.74, 6) is -4.50. The summed E-state index contributed by atoms with van der Waals surface area (Å²) in [4.78, 5) is 0. The minimum absolute atomic E-state index is 0.681. The molecule has 0 amide bonds. The van der Waals surface area contributed by atoms with E-state index in [-0.39, 0.29) is 0 Å². The second-order valence-corrected chi connectivity index (χ2v) is 5.81. The van der Waals surface area contributed by atoms with Gasteiger partial charge in [-0.05, 0) is 0 Å². The molecule has 0 aromatic rings. The zero-order valence-electron chi connectivity index (χ0n) is 6.85. The Balaban J connectivity index is 4.10. The molecule has 0 aliphatic carbocycles. The van der Waals surface area contributed by atoms with Crippen LogP contribution in [-0.4, -0.2) is 20.1 Å². The summed E-state index contributed by atoms with van der Waals surface area (Å²) in [6.07, 6.45) is -0.712. The fourth-order valence-corrected chi connectivity index (χ4v) is 1.29. The molecule has 0 aliphatic heterocycles. The second kappa shape index (κ2) is 3.87. The average Bonchev–Trinajstić information content (AvgIpc) is 1.82. The average molecular weight is 221 g/mol. The first kappa shape index (κ1) is 12.1. The van der Waals surface area contributed by atoms with Gasteiger partial charge in [0.1, 0.15) is 0 Å². The highest BCUT2D eigenvalue weighted by Gasteiger charge is 2.34. The standard InChI is InChI=1S/C6H11ClF2O2S/c1-5(2)6(8,9)3-4-12(7,10)11/h5H,3-4H2,1-2H3. The van der Waals surface area contributed by atoms with Crippen LogP contribution in [0.4, 0.5) is 8.78 Å². The van der Waals surface area contributed by atoms with E-state index in [1.54, 1.807) is 0 Å². The van der Waals surface area contributed by atoms with Gasteiger partial charge in [0.05, 0.1) is 5.75 Å². The highest BCUT2D eigenvalue weighted by molar-refractivity contribution is 8.13. The summed E-state index contributed by atoms with van der Waals surface area (Å²) in [5, 5.41) is 0. The first-order valence-corrected chi connectivity index (χ1v) is 5.93. The molecule has 2 nitrogen and oxygen atoms in total. The van der Waals surface area contributed by atoms with Crippen LogP contribution < -0.4 is 0 Å². The van der Waals surface area contributed by atoms with Gasteiger partial charge in [0.2, 0.25) is 9.05 Å². The molecule has 0 heterocycles. The van der Waals surface area contributed by atoms with Gasteiger partial charge in [-0.3, -0.25) is 0 Å². The molecule has 0 bridgehead atoms. The van der Waals surface area contributed by atoms with Crippen LogP contribution in [-0.2, 0) is 9.05 Å². The lowest BCUT2D eigenvalue weighted by Gasteiger charge is -2.18. The highest BCUT2D eigenvalue weighted by Crippen LogP contribution is 2.28. The van der Waals surface area contributed by atoms with Gasteiger partial charge in [-0.1, -0.05) is 13.8 Å². The van der Waals surface area contributed by atoms with Gasteiger partial charge >= 0.3 is 0 Å². The molecule has 0 rings (SSSR count). The van der Waals surface area contributed by atoms with E-state index < -0.39 is 33.1 Å². The van der Waals surface area contributed by atoms with Gasteiger partial charge in [0.15, 0.2) is 0 Å². The normalized spacial score (nSPS) is 13.8. The molecule has 0 N–H and O–H groups in total. The van der Waals surface area contributed by atoms with Crippen molar-refractivity contribution in [1.29, 1.82) is 0 Å². The van der Waals surface area contributed by atoms with Crippen LogP contribution in [0.2, 0.25) is 0 Å². The van der Waals surface area contributed by atoms with Crippen molar-refractivity contribution >= 4 is 19.7 Å². The molecule has 0 radical (unpaired) electrons. The summed E-state index contributed by atoms with van der Waals surface area (Å²) >= 11 is 0. The molecule has 0 saturated carbocycles. The zero-order valence-corrected chi connectivity index (χ0v) is 8.42. The fraction of sp³-hybridized carbons (Fsp3) is 1.00. The lowest BCUT2D eigenvalue weighted by Crippen LogP contribution is -2.26. The molecular formula is C6H11ClF2O2S. The van der Waals surface area contributed by atoms with E-state index in [0.717, 1.165) is 0 Å². The maximum absolute atomic E-state index is 12.8. The van der Waals surface area contributed by atoms with Crippen molar-refractivity contribution in [3.05, 3.63) is 0 Å². The Labute approximate surface area is 75.3 Å². The minimum atomic E-state index is -3.80. The summed E-state index contributed by atoms with van der Waals surface area (Å²) in [6.45, 7) is 2.67. The summed E-state index contributed by atoms with van der Waals surface area (Å²) in [5.41, 5.74) is 0. The summed E-state index contributed by atoms with van der Waals surface area (Å²) < 4.78 is 46.2. The minimum Gasteiger partial charge on any atom is -0.212 e. The van der Waals surface area contributed by atoms with E-state index >= 15 is 0 Å². The Bertz CT molecular complexity index is 236. The largest absolute Gasteiger partial charge is 0.251 e. The van der Waals surface area contributed by atoms with Crippen LogP contribution in [0.15, 0.2) is 0 Å². The van der Waals surface area contributed by atoms with Crippen LogP contribution >= 0.6 is 10.7 Å². The first-order valence-electron chi connectivity index (χ1n) is 3.45. The Morgan fingerprint density at radius 3 is 2.08 bits per heavy atom. The van der Waals surface area contributed by atoms with Crippen molar-refractivity contribution < 1.29 is 17.2 Å². The quantitative estimate of drug-likeness (QED) is 0.681. The number of rotatable bonds is 4. The number of halogens is 3. The van der Waals surface area contributed by atoms with Gasteiger partial charge < -0.3 is 0 Å². The monoisotopic (exact) mass is 220 g/mol. The van der Waals surface area contributed by atoms with Gasteiger partial charge in [0, 0.05) is 23.0 Å². The molecule has 6 heteroatoms. The molecule has 12 heavy (non-hydrogen) atoms. The molecule has 74 valence electrons. The van der Waals surface area contributed by atoms with E-state index in [9.17, 15) is 17.2 Å². The van der Waals surface area contributed by atoms with Gasteiger partial charge in [0.25, 0.3) is 5.92 Å². The Morgan fingerprint density at radius 2 is 1.83 bits per heavy atom. The van der Waals surface area contributed by atoms with Crippen LogP contribution in [0.3, 0.4) is 0 Å². The van der Waals surface area contributed by atoms with Crippen LogP contribution in [0.1, 0.15) is 20.3 Å². The van der Waals surface area contributed by atoms with Crippen molar-refractivity contribution in [3.8, 4) is 0 Å². The fourth-order valence-electron chi connectivity index (χ4n) is 0.547. The Kier molecular flexibility index (Phi) is 3.90. The molecule has 0 atom stereocenters. The van der Waals surface area contributed by atoms with Crippen molar-refractivity contribution in [3.63, 3.8) is 0 Å². The first-order chi connectivity index (χ1) is 5.15. The Hall–Kier alpha value is 0.1000. The van der Waals surface area contributed by atoms with Gasteiger partial charge in [-0.15, -0.1) is 0 Å². The highest BCUT2D eigenvalue weighted by atomic mass is 35.7. The van der Waals surface area contributed by atoms with Crippen molar-refractivity contribution in [1.82, 2.24) is 0 Å². The summed E-state index contributed by atoms with van der Waals surface area (Å²) in [6, 6.07) is 0. The van der Waals surface area contributed by atoms with E-state index in [0.29, 0.717) is 0 Å². The smallest absolute Gasteiger partial charge is 0.212 e. The molecule has 0 saturated heterocycles. The topological polar surface area (TPSA) is 34.1 Å². The number of hydrogen-bond acceptors (Lipinski definition) is 2. The van der Waals surface area contributed by atoms with Crippen molar-refractivity contribution in [2.24, 2.45) is 5.92 Å². The van der Waals surface area contributed by atoms with Crippen molar-refractivity contribution in [2.45, 2.75) is 26.2 Å². The van der Waals surface area contributed by atoms with E-state index in [2.05, 4.69) is 0 Å². The van der Waals surface area contributed by atoms with Crippen molar-refractivity contribution in [2.75, 3.05) is 5.75 Å². The molecule has 0 aliphatic rings. The van der Waals surface area contributed by atoms with E-state index in [4.69, 9.17) is 10.7 Å². The second-order valence-electron chi connectivity index (χ2n) is 2.91. The summed E-state index contributed by atoms with van der Waals surface area (Å²) in [7, 11) is 0.984. The maximum Gasteiger partial charge on any atom is 0.251 e. The van der Waals surface area contributed by atoms with Crippen LogP contribution in [0.25, 0.3) is 0 Å². The van der Waals surface area contributed by atoms with Gasteiger partial charge in [-0.25, -0.2) is 17.2 Å². The zero-order chi connectivity index (χ0) is 9.99. The molecular weight excluding hydrogens is 210 g/mol. The Morgan fingerprint density at radius 1 is 1.42 bits per heavy atom. The third kappa shape index (κ3) is 4.87. The molecule has 0 unspecified atom stereocenters. The van der Waals surface area contributed by atoms with E-state index in [1.165, 1.54) is 13.8 Å². The maximum atomic E-state index is 12.8. The SMILES string of the molecule is CC(C)C(F)(F)CCS(=O)(=O)Cl. The lowest BCUT2D eigenvalue weighted by molar-refractivity contribution is -0.0469. The predicted octanol–water partition coefficient (Wildman–Crippen LogP) is 2.24. The van der Waals surface area contributed by atoms with Crippen LogP contribution in [0.5, 0.6) is 0 Å². The molecule has 0 fully saturated rings. The van der Waals surface area contributed by atoms with E-state index in [1.807, 2.05) is 0 Å². The number of alkyl halides is 2. The lowest BCUT2D eigenvalue weighted by atomic mass is 10.0. The van der Waals surface area contributed by atoms with Crippen LogP contribution in [0, 0.1) is 5.92 Å². The molecule has 0 spiro atoms. The predicted molar refractivity (Wildman–Crippen MR) is 44.0 cm³/mol. The number of hydrogen-bond donors (Lipinski definition) is 0. The third-order valence-electron chi connectivity index (χ3n) is 1.52. The van der Waals surface area contributed by atoms with Gasteiger partial charge in [-0.2, -0.15) is 0 Å². The molecule has 0 aromatic carbocycles. The molecule has 0 aromatic heterocycles. The third-order valence-corrected chi connectivity index (χ3v) is 2.68.